The highest BCUT2D eigenvalue weighted by Crippen LogP contribution is 2.23. The van der Waals surface area contributed by atoms with Crippen molar-refractivity contribution in [1.82, 2.24) is 10.2 Å². The van der Waals surface area contributed by atoms with Crippen LogP contribution < -0.4 is 5.32 Å². The molecule has 2 fully saturated rings. The van der Waals surface area contributed by atoms with Gasteiger partial charge in [-0.05, 0) is 32.6 Å². The molecule has 2 aliphatic rings. The van der Waals surface area contributed by atoms with E-state index in [1.807, 2.05) is 0 Å². The quantitative estimate of drug-likeness (QED) is 0.669. The third kappa shape index (κ3) is 3.74. The molecule has 1 aliphatic carbocycles. The summed E-state index contributed by atoms with van der Waals surface area (Å²) < 4.78 is 0. The largest absolute Gasteiger partial charge is 0.310 e. The van der Waals surface area contributed by atoms with Crippen molar-refractivity contribution in [2.24, 2.45) is 0 Å². The average molecular weight is 224 g/mol. The SMILES string of the molecule is CCCCCC(C)N1CCC(NC2CC2)C1. The van der Waals surface area contributed by atoms with Crippen LogP contribution in [-0.2, 0) is 0 Å². The maximum atomic E-state index is 3.76. The van der Waals surface area contributed by atoms with Crippen LogP contribution in [0.5, 0.6) is 0 Å². The molecule has 0 bridgehead atoms. The van der Waals surface area contributed by atoms with Gasteiger partial charge in [0.25, 0.3) is 0 Å². The summed E-state index contributed by atoms with van der Waals surface area (Å²) in [5.41, 5.74) is 0. The zero-order chi connectivity index (χ0) is 11.4. The molecule has 2 nitrogen and oxygen atoms in total. The van der Waals surface area contributed by atoms with Crippen molar-refractivity contribution in [2.45, 2.75) is 76.9 Å². The van der Waals surface area contributed by atoms with Crippen LogP contribution in [0.2, 0.25) is 0 Å². The van der Waals surface area contributed by atoms with E-state index in [1.54, 1.807) is 0 Å². The smallest absolute Gasteiger partial charge is 0.0209 e. The second kappa shape index (κ2) is 6.02. The van der Waals surface area contributed by atoms with Crippen LogP contribution in [0.25, 0.3) is 0 Å². The lowest BCUT2D eigenvalue weighted by Crippen LogP contribution is -2.37. The first-order valence-corrected chi connectivity index (χ1v) is 7.29. The first-order chi connectivity index (χ1) is 7.79. The van der Waals surface area contributed by atoms with Crippen LogP contribution in [0.1, 0.15) is 58.8 Å². The molecule has 16 heavy (non-hydrogen) atoms. The fraction of sp³-hybridized carbons (Fsp3) is 1.00. The maximum absolute atomic E-state index is 3.76. The molecular formula is C14H28N2. The van der Waals surface area contributed by atoms with E-state index in [2.05, 4.69) is 24.1 Å². The van der Waals surface area contributed by atoms with Gasteiger partial charge in [-0.15, -0.1) is 0 Å². The minimum Gasteiger partial charge on any atom is -0.310 e. The Bertz CT molecular complexity index is 201. The van der Waals surface area contributed by atoms with Crippen LogP contribution in [0, 0.1) is 0 Å². The number of nitrogens with zero attached hydrogens (tertiary/aromatic N) is 1. The second-order valence-corrected chi connectivity index (χ2v) is 5.77. The molecule has 1 saturated heterocycles. The van der Waals surface area contributed by atoms with E-state index in [0.717, 1.165) is 18.1 Å². The number of rotatable bonds is 7. The maximum Gasteiger partial charge on any atom is 0.0209 e. The van der Waals surface area contributed by atoms with E-state index >= 15 is 0 Å². The van der Waals surface area contributed by atoms with Crippen molar-refractivity contribution in [3.05, 3.63) is 0 Å². The van der Waals surface area contributed by atoms with Gasteiger partial charge in [0, 0.05) is 31.2 Å². The first-order valence-electron chi connectivity index (χ1n) is 7.29. The average Bonchev–Trinajstić information content (AvgIpc) is 2.95. The Morgan fingerprint density at radius 3 is 2.69 bits per heavy atom. The predicted molar refractivity (Wildman–Crippen MR) is 69.7 cm³/mol. The standard InChI is InChI=1S/C14H28N2/c1-3-4-5-6-12(2)16-10-9-14(11-16)15-13-7-8-13/h12-15H,3-11H2,1-2H3. The van der Waals surface area contributed by atoms with Gasteiger partial charge in [-0.25, -0.2) is 0 Å². The molecule has 0 aromatic carbocycles. The summed E-state index contributed by atoms with van der Waals surface area (Å²) in [7, 11) is 0. The van der Waals surface area contributed by atoms with E-state index in [4.69, 9.17) is 0 Å². The summed E-state index contributed by atoms with van der Waals surface area (Å²) in [5, 5.41) is 3.76. The molecule has 0 spiro atoms. The fourth-order valence-electron chi connectivity index (χ4n) is 2.78. The summed E-state index contributed by atoms with van der Waals surface area (Å²) in [6, 6.07) is 2.47. The van der Waals surface area contributed by atoms with E-state index in [-0.39, 0.29) is 0 Å². The van der Waals surface area contributed by atoms with Gasteiger partial charge in [-0.3, -0.25) is 4.90 Å². The Labute approximate surface area is 101 Å². The van der Waals surface area contributed by atoms with Gasteiger partial charge in [-0.1, -0.05) is 26.2 Å². The lowest BCUT2D eigenvalue weighted by Gasteiger charge is -2.24. The highest BCUT2D eigenvalue weighted by Gasteiger charge is 2.30. The van der Waals surface area contributed by atoms with E-state index < -0.39 is 0 Å². The molecular weight excluding hydrogens is 196 g/mol. The molecule has 0 amide bonds. The third-order valence-corrected chi connectivity index (χ3v) is 4.12. The van der Waals surface area contributed by atoms with Gasteiger partial charge in [0.05, 0.1) is 0 Å². The van der Waals surface area contributed by atoms with Crippen molar-refractivity contribution < 1.29 is 0 Å². The van der Waals surface area contributed by atoms with Crippen LogP contribution in [0.3, 0.4) is 0 Å². The second-order valence-electron chi connectivity index (χ2n) is 5.77. The number of likely N-dealkylation sites (tertiary alicyclic amines) is 1. The van der Waals surface area contributed by atoms with Crippen molar-refractivity contribution in [3.63, 3.8) is 0 Å². The Kier molecular flexibility index (Phi) is 4.66. The molecule has 0 aromatic rings. The summed E-state index contributed by atoms with van der Waals surface area (Å²) in [6.45, 7) is 7.31. The Morgan fingerprint density at radius 1 is 1.19 bits per heavy atom. The lowest BCUT2D eigenvalue weighted by molar-refractivity contribution is 0.236. The first kappa shape index (κ1) is 12.4. The fourth-order valence-corrected chi connectivity index (χ4v) is 2.78. The molecule has 2 heteroatoms. The zero-order valence-electron chi connectivity index (χ0n) is 11.0. The van der Waals surface area contributed by atoms with Gasteiger partial charge in [0.15, 0.2) is 0 Å². The molecule has 1 aliphatic heterocycles. The summed E-state index contributed by atoms with van der Waals surface area (Å²) in [5.74, 6) is 0. The summed E-state index contributed by atoms with van der Waals surface area (Å²) in [6.07, 6.45) is 9.76. The molecule has 0 aromatic heterocycles. The van der Waals surface area contributed by atoms with Gasteiger partial charge < -0.3 is 5.32 Å². The highest BCUT2D eigenvalue weighted by molar-refractivity contribution is 4.90. The molecule has 2 unspecified atom stereocenters. The third-order valence-electron chi connectivity index (χ3n) is 4.12. The molecule has 0 radical (unpaired) electrons. The molecule has 1 saturated carbocycles. The van der Waals surface area contributed by atoms with Crippen LogP contribution in [-0.4, -0.2) is 36.1 Å². The van der Waals surface area contributed by atoms with Gasteiger partial charge in [0.2, 0.25) is 0 Å². The Hall–Kier alpha value is -0.0800. The highest BCUT2D eigenvalue weighted by atomic mass is 15.2. The predicted octanol–water partition coefficient (Wildman–Crippen LogP) is 2.78. The number of unbranched alkanes of at least 4 members (excludes halogenated alkanes) is 2. The number of hydrogen-bond donors (Lipinski definition) is 1. The summed E-state index contributed by atoms with van der Waals surface area (Å²) >= 11 is 0. The van der Waals surface area contributed by atoms with Crippen LogP contribution in [0.15, 0.2) is 0 Å². The van der Waals surface area contributed by atoms with Gasteiger partial charge in [-0.2, -0.15) is 0 Å². The monoisotopic (exact) mass is 224 g/mol. The molecule has 1 N–H and O–H groups in total. The number of hydrogen-bond acceptors (Lipinski definition) is 2. The Balaban J connectivity index is 1.62. The van der Waals surface area contributed by atoms with Gasteiger partial charge >= 0.3 is 0 Å². The minimum absolute atomic E-state index is 0.793. The molecule has 2 rings (SSSR count). The number of nitrogens with one attached hydrogen (secondary N) is 1. The van der Waals surface area contributed by atoms with Crippen molar-refractivity contribution in [3.8, 4) is 0 Å². The molecule has 1 heterocycles. The van der Waals surface area contributed by atoms with Crippen molar-refractivity contribution >= 4 is 0 Å². The van der Waals surface area contributed by atoms with E-state index in [0.29, 0.717) is 0 Å². The van der Waals surface area contributed by atoms with E-state index in [1.165, 1.54) is 58.0 Å². The summed E-state index contributed by atoms with van der Waals surface area (Å²) in [4.78, 5) is 2.69. The molecule has 94 valence electrons. The van der Waals surface area contributed by atoms with Gasteiger partial charge in [0.1, 0.15) is 0 Å². The minimum atomic E-state index is 0.793. The Morgan fingerprint density at radius 2 is 2.00 bits per heavy atom. The van der Waals surface area contributed by atoms with Crippen LogP contribution >= 0.6 is 0 Å². The molecule has 2 atom stereocenters. The topological polar surface area (TPSA) is 15.3 Å². The van der Waals surface area contributed by atoms with Crippen molar-refractivity contribution in [1.29, 1.82) is 0 Å². The van der Waals surface area contributed by atoms with Crippen molar-refractivity contribution in [2.75, 3.05) is 13.1 Å². The lowest BCUT2D eigenvalue weighted by atomic mass is 10.1. The zero-order valence-corrected chi connectivity index (χ0v) is 11.0. The van der Waals surface area contributed by atoms with Crippen LogP contribution in [0.4, 0.5) is 0 Å². The van der Waals surface area contributed by atoms with E-state index in [9.17, 15) is 0 Å². The normalized spacial score (nSPS) is 28.5.